The zero-order chi connectivity index (χ0) is 18.6. The number of benzene rings is 1. The Kier molecular flexibility index (Phi) is 5.39. The van der Waals surface area contributed by atoms with E-state index < -0.39 is 0 Å². The third-order valence-corrected chi connectivity index (χ3v) is 6.23. The van der Waals surface area contributed by atoms with Crippen molar-refractivity contribution in [2.75, 3.05) is 18.0 Å². The Morgan fingerprint density at radius 3 is 2.85 bits per heavy atom. The van der Waals surface area contributed by atoms with Gasteiger partial charge in [-0.2, -0.15) is 0 Å². The first-order valence-electron chi connectivity index (χ1n) is 9.67. The SMILES string of the molecule is CCc1ccc(CNC(=O)[C@@H]2CCCN(c3nccc4sccc34)C2)cc1. The number of piperidine rings is 1. The minimum atomic E-state index is 0.0179. The number of fused-ring (bicyclic) bond motifs is 1. The van der Waals surface area contributed by atoms with Crippen LogP contribution in [-0.4, -0.2) is 24.0 Å². The van der Waals surface area contributed by atoms with E-state index >= 15 is 0 Å². The number of hydrogen-bond donors (Lipinski definition) is 1. The van der Waals surface area contributed by atoms with E-state index in [1.807, 2.05) is 6.20 Å². The molecule has 27 heavy (non-hydrogen) atoms. The van der Waals surface area contributed by atoms with Gasteiger partial charge in [0.05, 0.1) is 5.92 Å². The smallest absolute Gasteiger partial charge is 0.225 e. The van der Waals surface area contributed by atoms with E-state index in [1.54, 1.807) is 11.3 Å². The topological polar surface area (TPSA) is 45.2 Å². The second-order valence-electron chi connectivity index (χ2n) is 7.14. The highest BCUT2D eigenvalue weighted by Crippen LogP contribution is 2.31. The van der Waals surface area contributed by atoms with Gasteiger partial charge in [0.2, 0.25) is 5.91 Å². The molecule has 4 rings (SSSR count). The normalized spacial score (nSPS) is 17.2. The van der Waals surface area contributed by atoms with Crippen LogP contribution in [0.15, 0.2) is 48.0 Å². The average Bonchev–Trinajstić information content (AvgIpc) is 3.21. The summed E-state index contributed by atoms with van der Waals surface area (Å²) >= 11 is 1.73. The molecule has 0 unspecified atom stereocenters. The average molecular weight is 380 g/mol. The number of anilines is 1. The molecule has 1 aromatic carbocycles. The van der Waals surface area contributed by atoms with Crippen molar-refractivity contribution >= 4 is 33.1 Å². The van der Waals surface area contributed by atoms with Crippen LogP contribution in [0, 0.1) is 5.92 Å². The molecule has 2 aromatic heterocycles. The van der Waals surface area contributed by atoms with Gasteiger partial charge in [-0.15, -0.1) is 11.3 Å². The number of amides is 1. The third kappa shape index (κ3) is 3.98. The largest absolute Gasteiger partial charge is 0.355 e. The van der Waals surface area contributed by atoms with E-state index in [2.05, 4.69) is 63.9 Å². The maximum atomic E-state index is 12.7. The fourth-order valence-electron chi connectivity index (χ4n) is 3.74. The minimum absolute atomic E-state index is 0.0179. The van der Waals surface area contributed by atoms with Gasteiger partial charge in [0.1, 0.15) is 5.82 Å². The summed E-state index contributed by atoms with van der Waals surface area (Å²) < 4.78 is 1.25. The molecule has 1 saturated heterocycles. The standard InChI is InChI=1S/C22H25N3OS/c1-2-16-5-7-17(8-6-16)14-24-22(26)18-4-3-12-25(15-18)21-19-10-13-27-20(19)9-11-23-21/h5-11,13,18H,2-4,12,14-15H2,1H3,(H,24,26)/t18-/m1/s1. The lowest BCUT2D eigenvalue weighted by atomic mass is 9.96. The predicted octanol–water partition coefficient (Wildman–Crippen LogP) is 4.39. The third-order valence-electron chi connectivity index (χ3n) is 5.35. The quantitative estimate of drug-likeness (QED) is 0.715. The van der Waals surface area contributed by atoms with Crippen molar-refractivity contribution in [2.24, 2.45) is 5.92 Å². The maximum absolute atomic E-state index is 12.7. The number of hydrogen-bond acceptors (Lipinski definition) is 4. The molecule has 5 heteroatoms. The van der Waals surface area contributed by atoms with Crippen LogP contribution in [0.4, 0.5) is 5.82 Å². The highest BCUT2D eigenvalue weighted by molar-refractivity contribution is 7.17. The lowest BCUT2D eigenvalue weighted by Crippen LogP contribution is -2.43. The lowest BCUT2D eigenvalue weighted by molar-refractivity contribution is -0.125. The molecular formula is C22H25N3OS. The number of aromatic nitrogens is 1. The summed E-state index contributed by atoms with van der Waals surface area (Å²) in [6.45, 7) is 4.45. The highest BCUT2D eigenvalue weighted by atomic mass is 32.1. The van der Waals surface area contributed by atoms with Gasteiger partial charge >= 0.3 is 0 Å². The van der Waals surface area contributed by atoms with Crippen LogP contribution in [0.2, 0.25) is 0 Å². The molecule has 3 aromatic rings. The molecule has 3 heterocycles. The molecule has 1 aliphatic rings. The van der Waals surface area contributed by atoms with Crippen LogP contribution in [0.25, 0.3) is 10.1 Å². The Morgan fingerprint density at radius 2 is 2.04 bits per heavy atom. The minimum Gasteiger partial charge on any atom is -0.355 e. The van der Waals surface area contributed by atoms with E-state index in [0.29, 0.717) is 6.54 Å². The van der Waals surface area contributed by atoms with Gasteiger partial charge in [-0.05, 0) is 47.9 Å². The molecule has 140 valence electrons. The molecule has 0 bridgehead atoms. The molecule has 0 spiro atoms. The summed E-state index contributed by atoms with van der Waals surface area (Å²) in [6.07, 6.45) is 4.87. The Hall–Kier alpha value is -2.40. The fourth-order valence-corrected chi connectivity index (χ4v) is 4.52. The van der Waals surface area contributed by atoms with Gasteiger partial charge in [-0.1, -0.05) is 31.2 Å². The number of nitrogens with one attached hydrogen (secondary N) is 1. The summed E-state index contributed by atoms with van der Waals surface area (Å²) in [5, 5.41) is 6.43. The van der Waals surface area contributed by atoms with Crippen molar-refractivity contribution in [2.45, 2.75) is 32.7 Å². The fraction of sp³-hybridized carbons (Fsp3) is 0.364. The molecular weight excluding hydrogens is 354 g/mol. The molecule has 1 atom stereocenters. The van der Waals surface area contributed by atoms with Crippen molar-refractivity contribution in [3.05, 3.63) is 59.1 Å². The first-order valence-corrected chi connectivity index (χ1v) is 10.5. The van der Waals surface area contributed by atoms with Crippen LogP contribution in [-0.2, 0) is 17.8 Å². The highest BCUT2D eigenvalue weighted by Gasteiger charge is 2.27. The number of thiophene rings is 1. The predicted molar refractivity (Wildman–Crippen MR) is 112 cm³/mol. The molecule has 4 nitrogen and oxygen atoms in total. The summed E-state index contributed by atoms with van der Waals surface area (Å²) in [7, 11) is 0. The zero-order valence-electron chi connectivity index (χ0n) is 15.6. The van der Waals surface area contributed by atoms with Crippen molar-refractivity contribution in [3.8, 4) is 0 Å². The van der Waals surface area contributed by atoms with Gasteiger partial charge in [0.15, 0.2) is 0 Å². The summed E-state index contributed by atoms with van der Waals surface area (Å²) in [5.74, 6) is 1.18. The number of aryl methyl sites for hydroxylation is 1. The molecule has 1 amide bonds. The monoisotopic (exact) mass is 379 g/mol. The lowest BCUT2D eigenvalue weighted by Gasteiger charge is -2.33. The number of carbonyl (C=O) groups excluding carboxylic acids is 1. The zero-order valence-corrected chi connectivity index (χ0v) is 16.5. The Labute approximate surface area is 164 Å². The maximum Gasteiger partial charge on any atom is 0.225 e. The van der Waals surface area contributed by atoms with E-state index in [-0.39, 0.29) is 11.8 Å². The summed E-state index contributed by atoms with van der Waals surface area (Å²) in [5.41, 5.74) is 2.47. The van der Waals surface area contributed by atoms with Gasteiger partial charge < -0.3 is 10.2 Å². The first kappa shape index (κ1) is 18.0. The number of pyridine rings is 1. The van der Waals surface area contributed by atoms with Gasteiger partial charge in [0.25, 0.3) is 0 Å². The summed E-state index contributed by atoms with van der Waals surface area (Å²) in [6, 6.07) is 12.7. The van der Waals surface area contributed by atoms with Crippen molar-refractivity contribution in [3.63, 3.8) is 0 Å². The number of carbonyl (C=O) groups is 1. The second-order valence-corrected chi connectivity index (χ2v) is 8.09. The van der Waals surface area contributed by atoms with Crippen LogP contribution in [0.1, 0.15) is 30.9 Å². The summed E-state index contributed by atoms with van der Waals surface area (Å²) in [4.78, 5) is 19.6. The van der Waals surface area contributed by atoms with Crippen LogP contribution < -0.4 is 10.2 Å². The van der Waals surface area contributed by atoms with Crippen LogP contribution in [0.5, 0.6) is 0 Å². The van der Waals surface area contributed by atoms with Crippen molar-refractivity contribution < 1.29 is 4.79 Å². The van der Waals surface area contributed by atoms with E-state index in [0.717, 1.165) is 43.7 Å². The van der Waals surface area contributed by atoms with E-state index in [4.69, 9.17) is 0 Å². The van der Waals surface area contributed by atoms with Crippen LogP contribution in [0.3, 0.4) is 0 Å². The van der Waals surface area contributed by atoms with Crippen LogP contribution >= 0.6 is 11.3 Å². The second kappa shape index (κ2) is 8.09. The Balaban J connectivity index is 1.40. The Morgan fingerprint density at radius 1 is 1.22 bits per heavy atom. The first-order chi connectivity index (χ1) is 13.2. The molecule has 0 aliphatic carbocycles. The molecule has 1 N–H and O–H groups in total. The molecule has 0 saturated carbocycles. The van der Waals surface area contributed by atoms with Gasteiger partial charge in [-0.25, -0.2) is 4.98 Å². The molecule has 1 aliphatic heterocycles. The van der Waals surface area contributed by atoms with Gasteiger partial charge in [0, 0.05) is 35.9 Å². The van der Waals surface area contributed by atoms with E-state index in [9.17, 15) is 4.79 Å². The van der Waals surface area contributed by atoms with Crippen molar-refractivity contribution in [1.82, 2.24) is 10.3 Å². The van der Waals surface area contributed by atoms with E-state index in [1.165, 1.54) is 15.6 Å². The number of rotatable bonds is 5. The molecule has 1 fully saturated rings. The number of nitrogens with zero attached hydrogens (tertiary/aromatic N) is 2. The molecule has 0 radical (unpaired) electrons. The Bertz CT molecular complexity index is 919. The van der Waals surface area contributed by atoms with Gasteiger partial charge in [-0.3, -0.25) is 4.79 Å². The van der Waals surface area contributed by atoms with Crippen molar-refractivity contribution in [1.29, 1.82) is 0 Å².